The Labute approximate surface area is 214 Å². The van der Waals surface area contributed by atoms with Crippen molar-refractivity contribution in [2.24, 2.45) is 5.73 Å². The number of nitrogens with zero attached hydrogens (tertiary/aromatic N) is 2. The molecule has 3 aromatic rings. The Bertz CT molecular complexity index is 1010. The highest BCUT2D eigenvalue weighted by molar-refractivity contribution is 5.26. The lowest BCUT2D eigenvalue weighted by Gasteiger charge is -2.40. The first-order valence-corrected chi connectivity index (χ1v) is 13.0. The fourth-order valence-electron chi connectivity index (χ4n) is 5.10. The maximum atomic E-state index is 9.43. The summed E-state index contributed by atoms with van der Waals surface area (Å²) in [6, 6.07) is 27.0. The van der Waals surface area contributed by atoms with Gasteiger partial charge in [-0.1, -0.05) is 78.9 Å². The summed E-state index contributed by atoms with van der Waals surface area (Å²) < 4.78 is 13.0. The normalized spacial score (nSPS) is 23.6. The molecule has 2 fully saturated rings. The lowest BCUT2D eigenvalue weighted by Crippen LogP contribution is -2.49. The molecule has 0 radical (unpaired) electrons. The van der Waals surface area contributed by atoms with Crippen LogP contribution in [-0.4, -0.2) is 53.7 Å². The molecule has 0 amide bonds. The van der Waals surface area contributed by atoms with Crippen molar-refractivity contribution in [2.45, 2.75) is 44.6 Å². The molecule has 36 heavy (non-hydrogen) atoms. The van der Waals surface area contributed by atoms with E-state index in [1.807, 2.05) is 24.3 Å². The van der Waals surface area contributed by atoms with Crippen LogP contribution in [-0.2, 0) is 29.2 Å². The summed E-state index contributed by atoms with van der Waals surface area (Å²) in [6.07, 6.45) is 0.397. The standard InChI is InChI=1S/C30H37N3O3/c31-19-23-6-12-27(13-7-23)30-35-28(18-29(36-30)26-10-8-25(22-34)9-11-26)21-33-16-14-32(15-17-33)20-24-4-2-1-3-5-24/h1-13,28-30,34H,14-22,31H2/t28-,29+,30+/m1/s1. The molecule has 0 spiro atoms. The van der Waals surface area contributed by atoms with E-state index in [-0.39, 0.29) is 18.8 Å². The molecule has 3 atom stereocenters. The Hall–Kier alpha value is -2.58. The number of rotatable bonds is 8. The van der Waals surface area contributed by atoms with Crippen LogP contribution in [0, 0.1) is 0 Å². The molecule has 0 saturated carbocycles. The van der Waals surface area contributed by atoms with Gasteiger partial charge in [-0.2, -0.15) is 0 Å². The van der Waals surface area contributed by atoms with Crippen molar-refractivity contribution >= 4 is 0 Å². The first-order chi connectivity index (χ1) is 17.7. The van der Waals surface area contributed by atoms with E-state index in [0.29, 0.717) is 6.54 Å². The van der Waals surface area contributed by atoms with Crippen LogP contribution in [0.5, 0.6) is 0 Å². The van der Waals surface area contributed by atoms with Crippen molar-refractivity contribution in [1.82, 2.24) is 9.80 Å². The van der Waals surface area contributed by atoms with E-state index in [9.17, 15) is 5.11 Å². The molecule has 2 saturated heterocycles. The maximum absolute atomic E-state index is 9.43. The third kappa shape index (κ3) is 6.40. The maximum Gasteiger partial charge on any atom is 0.184 e. The predicted molar refractivity (Wildman–Crippen MR) is 141 cm³/mol. The summed E-state index contributed by atoms with van der Waals surface area (Å²) >= 11 is 0. The molecular weight excluding hydrogens is 450 g/mol. The summed E-state index contributed by atoms with van der Waals surface area (Å²) in [5.74, 6) is 0. The van der Waals surface area contributed by atoms with Gasteiger partial charge in [0.2, 0.25) is 0 Å². The molecule has 3 N–H and O–H groups in total. The van der Waals surface area contributed by atoms with Gasteiger partial charge in [-0.25, -0.2) is 0 Å². The van der Waals surface area contributed by atoms with Crippen LogP contribution >= 0.6 is 0 Å². The number of aliphatic hydroxyl groups excluding tert-OH is 1. The second-order valence-corrected chi connectivity index (χ2v) is 9.86. The second kappa shape index (κ2) is 12.1. The Morgan fingerprint density at radius 2 is 1.36 bits per heavy atom. The van der Waals surface area contributed by atoms with E-state index >= 15 is 0 Å². The topological polar surface area (TPSA) is 71.2 Å². The first-order valence-electron chi connectivity index (χ1n) is 13.0. The minimum absolute atomic E-state index is 0.0455. The molecular formula is C30H37N3O3. The molecule has 2 heterocycles. The zero-order valence-electron chi connectivity index (χ0n) is 20.8. The second-order valence-electron chi connectivity index (χ2n) is 9.86. The average Bonchev–Trinajstić information content (AvgIpc) is 2.94. The van der Waals surface area contributed by atoms with Crippen molar-refractivity contribution in [2.75, 3.05) is 32.7 Å². The number of hydrogen-bond donors (Lipinski definition) is 2. The van der Waals surface area contributed by atoms with E-state index in [1.165, 1.54) is 5.56 Å². The van der Waals surface area contributed by atoms with E-state index in [4.69, 9.17) is 15.2 Å². The third-order valence-corrected chi connectivity index (χ3v) is 7.28. The number of hydrogen-bond acceptors (Lipinski definition) is 6. The van der Waals surface area contributed by atoms with Gasteiger partial charge in [0, 0.05) is 57.8 Å². The highest BCUT2D eigenvalue weighted by Crippen LogP contribution is 2.38. The molecule has 2 aliphatic heterocycles. The minimum Gasteiger partial charge on any atom is -0.392 e. The molecule has 3 aromatic carbocycles. The average molecular weight is 488 g/mol. The molecule has 5 rings (SSSR count). The molecule has 0 bridgehead atoms. The highest BCUT2D eigenvalue weighted by atomic mass is 16.7. The molecule has 2 aliphatic rings. The van der Waals surface area contributed by atoms with Gasteiger partial charge < -0.3 is 20.3 Å². The SMILES string of the molecule is NCc1ccc([C@H]2O[C@@H](CN3CCN(Cc4ccccc4)CC3)C[C@@H](c3ccc(CO)cc3)O2)cc1. The van der Waals surface area contributed by atoms with Gasteiger partial charge in [0.1, 0.15) is 0 Å². The lowest BCUT2D eigenvalue weighted by atomic mass is 9.99. The van der Waals surface area contributed by atoms with Gasteiger partial charge in [-0.3, -0.25) is 9.80 Å². The zero-order valence-corrected chi connectivity index (χ0v) is 20.8. The Kier molecular flexibility index (Phi) is 8.43. The molecule has 190 valence electrons. The van der Waals surface area contributed by atoms with E-state index in [1.54, 1.807) is 0 Å². The van der Waals surface area contributed by atoms with Gasteiger partial charge in [0.25, 0.3) is 0 Å². The summed E-state index contributed by atoms with van der Waals surface area (Å²) in [6.45, 7) is 6.68. The van der Waals surface area contributed by atoms with Crippen molar-refractivity contribution in [3.05, 3.63) is 107 Å². The van der Waals surface area contributed by atoms with Gasteiger partial charge in [-0.15, -0.1) is 0 Å². The van der Waals surface area contributed by atoms with E-state index in [0.717, 1.165) is 67.9 Å². The number of aliphatic hydroxyl groups is 1. The van der Waals surface area contributed by atoms with Crippen molar-refractivity contribution < 1.29 is 14.6 Å². The fraction of sp³-hybridized carbons (Fsp3) is 0.400. The van der Waals surface area contributed by atoms with E-state index < -0.39 is 6.29 Å². The predicted octanol–water partition coefficient (Wildman–Crippen LogP) is 4.00. The molecule has 0 aliphatic carbocycles. The lowest BCUT2D eigenvalue weighted by molar-refractivity contribution is -0.253. The zero-order chi connectivity index (χ0) is 24.7. The Morgan fingerprint density at radius 3 is 2.03 bits per heavy atom. The fourth-order valence-corrected chi connectivity index (χ4v) is 5.10. The van der Waals surface area contributed by atoms with Crippen molar-refractivity contribution in [3.63, 3.8) is 0 Å². The van der Waals surface area contributed by atoms with Gasteiger partial charge >= 0.3 is 0 Å². The molecule has 0 aromatic heterocycles. The Balaban J connectivity index is 1.24. The smallest absolute Gasteiger partial charge is 0.184 e. The Morgan fingerprint density at radius 1 is 0.722 bits per heavy atom. The quantitative estimate of drug-likeness (QED) is 0.501. The third-order valence-electron chi connectivity index (χ3n) is 7.28. The molecule has 6 heteroatoms. The number of piperazine rings is 1. The number of benzene rings is 3. The van der Waals surface area contributed by atoms with Crippen LogP contribution < -0.4 is 5.73 Å². The summed E-state index contributed by atoms with van der Waals surface area (Å²) in [4.78, 5) is 5.06. The van der Waals surface area contributed by atoms with Gasteiger partial charge in [0.15, 0.2) is 6.29 Å². The van der Waals surface area contributed by atoms with Gasteiger partial charge in [0.05, 0.1) is 18.8 Å². The molecule has 6 nitrogen and oxygen atoms in total. The highest BCUT2D eigenvalue weighted by Gasteiger charge is 2.33. The van der Waals surface area contributed by atoms with Crippen LogP contribution in [0.1, 0.15) is 46.6 Å². The van der Waals surface area contributed by atoms with Crippen LogP contribution in [0.3, 0.4) is 0 Å². The van der Waals surface area contributed by atoms with Crippen molar-refractivity contribution in [3.8, 4) is 0 Å². The van der Waals surface area contributed by atoms with E-state index in [2.05, 4.69) is 64.4 Å². The number of ether oxygens (including phenoxy) is 2. The number of nitrogens with two attached hydrogens (primary N) is 1. The van der Waals surface area contributed by atoms with Crippen LogP contribution in [0.2, 0.25) is 0 Å². The summed E-state index contributed by atoms with van der Waals surface area (Å²) in [7, 11) is 0. The van der Waals surface area contributed by atoms with Crippen molar-refractivity contribution in [1.29, 1.82) is 0 Å². The largest absolute Gasteiger partial charge is 0.392 e. The minimum atomic E-state index is -0.419. The van der Waals surface area contributed by atoms with Gasteiger partial charge in [-0.05, 0) is 22.3 Å². The van der Waals surface area contributed by atoms with Crippen LogP contribution in [0.4, 0.5) is 0 Å². The first kappa shape index (κ1) is 25.1. The van der Waals surface area contributed by atoms with Crippen LogP contribution in [0.15, 0.2) is 78.9 Å². The molecule has 0 unspecified atom stereocenters. The summed E-state index contributed by atoms with van der Waals surface area (Å²) in [5.41, 5.74) is 11.3. The van der Waals surface area contributed by atoms with Crippen LogP contribution in [0.25, 0.3) is 0 Å². The monoisotopic (exact) mass is 487 g/mol. The summed E-state index contributed by atoms with van der Waals surface area (Å²) in [5, 5.41) is 9.43.